The summed E-state index contributed by atoms with van der Waals surface area (Å²) in [5, 5.41) is 2.72. The minimum absolute atomic E-state index is 0.135. The molecule has 2 amide bonds. The van der Waals surface area contributed by atoms with Crippen LogP contribution in [0.25, 0.3) is 0 Å². The van der Waals surface area contributed by atoms with Crippen molar-refractivity contribution in [3.63, 3.8) is 0 Å². The van der Waals surface area contributed by atoms with E-state index in [0.29, 0.717) is 12.2 Å². The Balaban J connectivity index is 2.46. The Labute approximate surface area is 123 Å². The zero-order chi connectivity index (χ0) is 15.6. The lowest BCUT2D eigenvalue weighted by atomic mass is 9.97. The summed E-state index contributed by atoms with van der Waals surface area (Å²) in [6.45, 7) is 3.61. The number of rotatable bonds is 3. The summed E-state index contributed by atoms with van der Waals surface area (Å²) < 4.78 is 19.2. The fourth-order valence-corrected chi connectivity index (χ4v) is 2.33. The molecule has 1 unspecified atom stereocenters. The maximum Gasteiger partial charge on any atom is 0.252 e. The summed E-state index contributed by atoms with van der Waals surface area (Å²) in [6.07, 6.45) is 0.567. The molecule has 1 atom stereocenters. The molecule has 1 aliphatic rings. The van der Waals surface area contributed by atoms with Crippen LogP contribution in [-0.2, 0) is 9.59 Å². The zero-order valence-electron chi connectivity index (χ0n) is 12.4. The van der Waals surface area contributed by atoms with Gasteiger partial charge in [-0.3, -0.25) is 9.59 Å². The standard InChI is InChI=1S/C15H19FN2O3/c1-4-15(2)14(20)18(8-7-13(19)17-15)12-9-10(21-3)5-6-11(12)16/h5-6,9H,4,7-8H2,1-3H3,(H,17,19). The van der Waals surface area contributed by atoms with Crippen molar-refractivity contribution in [1.29, 1.82) is 0 Å². The third-order valence-corrected chi connectivity index (χ3v) is 3.85. The van der Waals surface area contributed by atoms with Gasteiger partial charge in [-0.15, -0.1) is 0 Å². The Morgan fingerprint density at radius 2 is 2.14 bits per heavy atom. The van der Waals surface area contributed by atoms with E-state index in [1.807, 2.05) is 6.92 Å². The first-order valence-corrected chi connectivity index (χ1v) is 6.88. The Bertz CT molecular complexity index is 576. The van der Waals surface area contributed by atoms with Crippen molar-refractivity contribution in [1.82, 2.24) is 5.32 Å². The SMILES string of the molecule is CCC1(C)NC(=O)CCN(c2cc(OC)ccc2F)C1=O. The van der Waals surface area contributed by atoms with Crippen LogP contribution in [0.4, 0.5) is 10.1 Å². The number of carbonyl (C=O) groups is 2. The molecule has 1 N–H and O–H groups in total. The van der Waals surface area contributed by atoms with Gasteiger partial charge in [0.25, 0.3) is 5.91 Å². The Hall–Kier alpha value is -2.11. The third kappa shape index (κ3) is 2.84. The van der Waals surface area contributed by atoms with Crippen molar-refractivity contribution in [2.45, 2.75) is 32.2 Å². The van der Waals surface area contributed by atoms with Crippen LogP contribution in [0.3, 0.4) is 0 Å². The highest BCUT2D eigenvalue weighted by Crippen LogP contribution is 2.29. The lowest BCUT2D eigenvalue weighted by molar-refractivity contribution is -0.129. The molecule has 1 heterocycles. The average molecular weight is 294 g/mol. The number of anilines is 1. The molecular weight excluding hydrogens is 275 g/mol. The van der Waals surface area contributed by atoms with Crippen molar-refractivity contribution >= 4 is 17.5 Å². The molecule has 5 nitrogen and oxygen atoms in total. The number of hydrogen-bond donors (Lipinski definition) is 1. The van der Waals surface area contributed by atoms with Gasteiger partial charge in [-0.2, -0.15) is 0 Å². The number of benzene rings is 1. The van der Waals surface area contributed by atoms with E-state index in [4.69, 9.17) is 4.74 Å². The van der Waals surface area contributed by atoms with E-state index in [9.17, 15) is 14.0 Å². The Morgan fingerprint density at radius 1 is 1.43 bits per heavy atom. The van der Waals surface area contributed by atoms with Crippen LogP contribution in [-0.4, -0.2) is 31.0 Å². The van der Waals surface area contributed by atoms with Crippen LogP contribution in [0.1, 0.15) is 26.7 Å². The molecule has 0 bridgehead atoms. The lowest BCUT2D eigenvalue weighted by Gasteiger charge is -2.31. The minimum Gasteiger partial charge on any atom is -0.497 e. The number of halogens is 1. The van der Waals surface area contributed by atoms with Crippen molar-refractivity contribution in [3.8, 4) is 5.75 Å². The molecule has 0 spiro atoms. The average Bonchev–Trinajstić information content (AvgIpc) is 2.58. The van der Waals surface area contributed by atoms with E-state index < -0.39 is 11.4 Å². The number of amides is 2. The molecule has 2 rings (SSSR count). The molecule has 1 aromatic rings. The van der Waals surface area contributed by atoms with E-state index in [0.717, 1.165) is 0 Å². The molecule has 1 fully saturated rings. The molecule has 0 aromatic heterocycles. The summed E-state index contributed by atoms with van der Waals surface area (Å²) in [5.74, 6) is -0.584. The Kier molecular flexibility index (Phi) is 4.16. The number of methoxy groups -OCH3 is 1. The predicted octanol–water partition coefficient (Wildman–Crippen LogP) is 1.86. The van der Waals surface area contributed by atoms with Gasteiger partial charge in [0.05, 0.1) is 12.8 Å². The first kappa shape index (κ1) is 15.3. The van der Waals surface area contributed by atoms with E-state index in [2.05, 4.69) is 5.32 Å². The molecular formula is C15H19FN2O3. The van der Waals surface area contributed by atoms with E-state index in [-0.39, 0.29) is 30.5 Å². The number of nitrogens with one attached hydrogen (secondary N) is 1. The Morgan fingerprint density at radius 3 is 2.76 bits per heavy atom. The van der Waals surface area contributed by atoms with Crippen molar-refractivity contribution in [2.75, 3.05) is 18.6 Å². The largest absolute Gasteiger partial charge is 0.497 e. The van der Waals surface area contributed by atoms with Crippen LogP contribution in [0.2, 0.25) is 0 Å². The molecule has 1 aromatic carbocycles. The molecule has 6 heteroatoms. The van der Waals surface area contributed by atoms with Gasteiger partial charge in [0.1, 0.15) is 17.1 Å². The van der Waals surface area contributed by atoms with Gasteiger partial charge in [0, 0.05) is 19.0 Å². The first-order valence-electron chi connectivity index (χ1n) is 6.88. The minimum atomic E-state index is -1.02. The summed E-state index contributed by atoms with van der Waals surface area (Å²) in [5.41, 5.74) is -0.890. The lowest BCUT2D eigenvalue weighted by Crippen LogP contribution is -2.55. The van der Waals surface area contributed by atoms with Gasteiger partial charge in [-0.25, -0.2) is 4.39 Å². The number of nitrogens with zero attached hydrogens (tertiary/aromatic N) is 1. The normalized spacial score (nSPS) is 22.8. The monoisotopic (exact) mass is 294 g/mol. The third-order valence-electron chi connectivity index (χ3n) is 3.85. The smallest absolute Gasteiger partial charge is 0.252 e. The van der Waals surface area contributed by atoms with Gasteiger partial charge in [-0.05, 0) is 25.5 Å². The second kappa shape index (κ2) is 5.71. The molecule has 1 aliphatic heterocycles. The number of hydrogen-bond acceptors (Lipinski definition) is 3. The van der Waals surface area contributed by atoms with Crippen LogP contribution < -0.4 is 15.0 Å². The first-order chi connectivity index (χ1) is 9.91. The van der Waals surface area contributed by atoms with Gasteiger partial charge in [0.2, 0.25) is 5.91 Å². The van der Waals surface area contributed by atoms with E-state index in [1.165, 1.54) is 30.2 Å². The summed E-state index contributed by atoms with van der Waals surface area (Å²) in [7, 11) is 1.47. The molecule has 1 saturated heterocycles. The fraction of sp³-hybridized carbons (Fsp3) is 0.467. The molecule has 114 valence electrons. The van der Waals surface area contributed by atoms with E-state index >= 15 is 0 Å². The van der Waals surface area contributed by atoms with Gasteiger partial charge >= 0.3 is 0 Å². The maximum absolute atomic E-state index is 14.1. The predicted molar refractivity (Wildman–Crippen MR) is 76.8 cm³/mol. The summed E-state index contributed by atoms with van der Waals surface area (Å²) >= 11 is 0. The zero-order valence-corrected chi connectivity index (χ0v) is 12.4. The highest BCUT2D eigenvalue weighted by Gasteiger charge is 2.40. The van der Waals surface area contributed by atoms with Crippen LogP contribution in [0, 0.1) is 5.82 Å². The second-order valence-electron chi connectivity index (χ2n) is 5.26. The quantitative estimate of drug-likeness (QED) is 0.925. The number of carbonyl (C=O) groups excluding carboxylic acids is 2. The summed E-state index contributed by atoms with van der Waals surface area (Å²) in [6, 6.07) is 4.22. The van der Waals surface area contributed by atoms with Crippen LogP contribution in [0.5, 0.6) is 5.75 Å². The fourth-order valence-electron chi connectivity index (χ4n) is 2.33. The second-order valence-corrected chi connectivity index (χ2v) is 5.26. The van der Waals surface area contributed by atoms with E-state index in [1.54, 1.807) is 6.92 Å². The van der Waals surface area contributed by atoms with Crippen LogP contribution in [0.15, 0.2) is 18.2 Å². The van der Waals surface area contributed by atoms with Crippen molar-refractivity contribution in [2.24, 2.45) is 0 Å². The maximum atomic E-state index is 14.1. The molecule has 0 saturated carbocycles. The molecule has 0 aliphatic carbocycles. The number of ether oxygens (including phenoxy) is 1. The highest BCUT2D eigenvalue weighted by atomic mass is 19.1. The molecule has 0 radical (unpaired) electrons. The summed E-state index contributed by atoms with van der Waals surface area (Å²) in [4.78, 5) is 25.8. The van der Waals surface area contributed by atoms with Crippen molar-refractivity contribution in [3.05, 3.63) is 24.0 Å². The highest BCUT2D eigenvalue weighted by molar-refractivity contribution is 6.04. The van der Waals surface area contributed by atoms with Gasteiger partial charge in [0.15, 0.2) is 0 Å². The van der Waals surface area contributed by atoms with Crippen molar-refractivity contribution < 1.29 is 18.7 Å². The topological polar surface area (TPSA) is 58.6 Å². The van der Waals surface area contributed by atoms with Crippen LogP contribution >= 0.6 is 0 Å². The van der Waals surface area contributed by atoms with Gasteiger partial charge in [-0.1, -0.05) is 6.92 Å². The van der Waals surface area contributed by atoms with Gasteiger partial charge < -0.3 is 15.0 Å². The molecule has 21 heavy (non-hydrogen) atoms.